The van der Waals surface area contributed by atoms with Crippen LogP contribution in [0.1, 0.15) is 65.7 Å². The van der Waals surface area contributed by atoms with Crippen LogP contribution < -0.4 is 0 Å². The van der Waals surface area contributed by atoms with Crippen LogP contribution in [0.5, 0.6) is 0 Å². The minimum atomic E-state index is 0.899. The van der Waals surface area contributed by atoms with E-state index >= 15 is 0 Å². The normalized spacial score (nSPS) is 27.1. The first-order chi connectivity index (χ1) is 7.24. The van der Waals surface area contributed by atoms with Gasteiger partial charge in [0.2, 0.25) is 0 Å². The Morgan fingerprint density at radius 2 is 2.07 bits per heavy atom. The Morgan fingerprint density at radius 3 is 2.67 bits per heavy atom. The molecule has 0 aliphatic heterocycles. The summed E-state index contributed by atoms with van der Waals surface area (Å²) in [5.74, 6) is 3.02. The molecule has 1 saturated carbocycles. The van der Waals surface area contributed by atoms with Crippen molar-refractivity contribution < 1.29 is 0 Å². The molecule has 3 atom stereocenters. The van der Waals surface area contributed by atoms with E-state index in [-0.39, 0.29) is 0 Å². The molecule has 0 aromatic heterocycles. The Balaban J connectivity index is 1.93. The number of hydrogen-bond acceptors (Lipinski definition) is 0. The molecule has 15 heavy (non-hydrogen) atoms. The van der Waals surface area contributed by atoms with E-state index in [4.69, 9.17) is 0 Å². The second kappa shape index (κ2) is 7.09. The summed E-state index contributed by atoms with van der Waals surface area (Å²) in [4.78, 5) is 0. The SMILES string of the molecule is CCCCC=CCC(C)CCC1CC1C. The average Bonchev–Trinajstić information content (AvgIpc) is 2.91. The van der Waals surface area contributed by atoms with Gasteiger partial charge in [0.25, 0.3) is 0 Å². The van der Waals surface area contributed by atoms with Crippen LogP contribution in [0.15, 0.2) is 12.2 Å². The molecule has 1 rings (SSSR count). The van der Waals surface area contributed by atoms with Gasteiger partial charge in [-0.15, -0.1) is 0 Å². The van der Waals surface area contributed by atoms with E-state index in [2.05, 4.69) is 32.9 Å². The van der Waals surface area contributed by atoms with Crippen molar-refractivity contribution >= 4 is 0 Å². The Morgan fingerprint density at radius 1 is 1.33 bits per heavy atom. The van der Waals surface area contributed by atoms with Gasteiger partial charge in [-0.3, -0.25) is 0 Å². The third-order valence-electron chi connectivity index (χ3n) is 3.74. The lowest BCUT2D eigenvalue weighted by Crippen LogP contribution is -1.93. The van der Waals surface area contributed by atoms with Gasteiger partial charge in [-0.05, 0) is 43.4 Å². The molecule has 1 aliphatic carbocycles. The van der Waals surface area contributed by atoms with Gasteiger partial charge in [0.05, 0.1) is 0 Å². The van der Waals surface area contributed by atoms with E-state index in [1.54, 1.807) is 0 Å². The smallest absolute Gasteiger partial charge is 0.0325 e. The summed E-state index contributed by atoms with van der Waals surface area (Å²) in [5, 5.41) is 0. The maximum atomic E-state index is 2.40. The first-order valence-corrected chi connectivity index (χ1v) is 6.89. The summed E-state index contributed by atoms with van der Waals surface area (Å²) in [6, 6.07) is 0. The minimum absolute atomic E-state index is 0.899. The average molecular weight is 208 g/mol. The van der Waals surface area contributed by atoms with Gasteiger partial charge in [-0.25, -0.2) is 0 Å². The number of unbranched alkanes of at least 4 members (excludes halogenated alkanes) is 2. The maximum absolute atomic E-state index is 2.40. The van der Waals surface area contributed by atoms with E-state index in [1.807, 2.05) is 0 Å². The number of hydrogen-bond donors (Lipinski definition) is 0. The van der Waals surface area contributed by atoms with Crippen LogP contribution in [-0.2, 0) is 0 Å². The molecule has 3 unspecified atom stereocenters. The standard InChI is InChI=1S/C15H28/c1-4-5-6-7-8-9-13(2)10-11-15-12-14(15)3/h7-8,13-15H,4-6,9-12H2,1-3H3. The monoisotopic (exact) mass is 208 g/mol. The van der Waals surface area contributed by atoms with Gasteiger partial charge in [0, 0.05) is 0 Å². The van der Waals surface area contributed by atoms with Crippen LogP contribution in [0.25, 0.3) is 0 Å². The summed E-state index contributed by atoms with van der Waals surface area (Å²) in [6.45, 7) is 7.05. The van der Waals surface area contributed by atoms with E-state index in [0.29, 0.717) is 0 Å². The van der Waals surface area contributed by atoms with E-state index in [0.717, 1.165) is 17.8 Å². The molecule has 0 heteroatoms. The molecule has 1 aliphatic rings. The first kappa shape index (κ1) is 12.8. The van der Waals surface area contributed by atoms with Crippen molar-refractivity contribution in [3.63, 3.8) is 0 Å². The molecular weight excluding hydrogens is 180 g/mol. The lowest BCUT2D eigenvalue weighted by molar-refractivity contribution is 0.484. The summed E-state index contributed by atoms with van der Waals surface area (Å²) >= 11 is 0. The zero-order valence-electron chi connectivity index (χ0n) is 10.8. The molecule has 0 saturated heterocycles. The van der Waals surface area contributed by atoms with Crippen molar-refractivity contribution in [1.82, 2.24) is 0 Å². The van der Waals surface area contributed by atoms with Crippen molar-refractivity contribution in [3.8, 4) is 0 Å². The fourth-order valence-electron chi connectivity index (χ4n) is 2.19. The van der Waals surface area contributed by atoms with E-state index in [9.17, 15) is 0 Å². The third kappa shape index (κ3) is 6.02. The highest BCUT2D eigenvalue weighted by Crippen LogP contribution is 2.42. The maximum Gasteiger partial charge on any atom is -0.0325 e. The fourth-order valence-corrected chi connectivity index (χ4v) is 2.19. The highest BCUT2D eigenvalue weighted by atomic mass is 14.4. The van der Waals surface area contributed by atoms with Gasteiger partial charge in [0.15, 0.2) is 0 Å². The van der Waals surface area contributed by atoms with E-state index < -0.39 is 0 Å². The lowest BCUT2D eigenvalue weighted by Gasteiger charge is -2.07. The van der Waals surface area contributed by atoms with Gasteiger partial charge in [-0.1, -0.05) is 52.2 Å². The zero-order chi connectivity index (χ0) is 11.1. The fraction of sp³-hybridized carbons (Fsp3) is 0.867. The number of allylic oxidation sites excluding steroid dienone is 2. The molecule has 0 aromatic rings. The Bertz CT molecular complexity index is 180. The second-order valence-corrected chi connectivity index (χ2v) is 5.50. The topological polar surface area (TPSA) is 0 Å². The summed E-state index contributed by atoms with van der Waals surface area (Å²) in [6.07, 6.45) is 14.4. The Kier molecular flexibility index (Phi) is 6.05. The third-order valence-corrected chi connectivity index (χ3v) is 3.74. The molecule has 0 heterocycles. The van der Waals surface area contributed by atoms with Crippen molar-refractivity contribution in [2.45, 2.75) is 65.7 Å². The van der Waals surface area contributed by atoms with Gasteiger partial charge in [-0.2, -0.15) is 0 Å². The quantitative estimate of drug-likeness (QED) is 0.380. The predicted molar refractivity (Wildman–Crippen MR) is 69.0 cm³/mol. The molecule has 1 fully saturated rings. The molecule has 0 bridgehead atoms. The Hall–Kier alpha value is -0.260. The molecule has 88 valence electrons. The Labute approximate surface area is 96.2 Å². The first-order valence-electron chi connectivity index (χ1n) is 6.89. The summed E-state index contributed by atoms with van der Waals surface area (Å²) in [5.41, 5.74) is 0. The van der Waals surface area contributed by atoms with Crippen molar-refractivity contribution in [2.75, 3.05) is 0 Å². The minimum Gasteiger partial charge on any atom is -0.0885 e. The van der Waals surface area contributed by atoms with Crippen molar-refractivity contribution in [1.29, 1.82) is 0 Å². The summed E-state index contributed by atoms with van der Waals surface area (Å²) < 4.78 is 0. The second-order valence-electron chi connectivity index (χ2n) is 5.50. The lowest BCUT2D eigenvalue weighted by atomic mass is 9.99. The van der Waals surface area contributed by atoms with Crippen LogP contribution in [0, 0.1) is 17.8 Å². The molecule has 0 aromatic carbocycles. The highest BCUT2D eigenvalue weighted by Gasteiger charge is 2.31. The molecule has 0 N–H and O–H groups in total. The van der Waals surface area contributed by atoms with Gasteiger partial charge in [0.1, 0.15) is 0 Å². The van der Waals surface area contributed by atoms with Gasteiger partial charge >= 0.3 is 0 Å². The van der Waals surface area contributed by atoms with Crippen LogP contribution in [0.2, 0.25) is 0 Å². The molecule has 0 amide bonds. The van der Waals surface area contributed by atoms with Gasteiger partial charge < -0.3 is 0 Å². The van der Waals surface area contributed by atoms with Crippen LogP contribution in [0.4, 0.5) is 0 Å². The molecule has 0 spiro atoms. The summed E-state index contributed by atoms with van der Waals surface area (Å²) in [7, 11) is 0. The molecule has 0 nitrogen and oxygen atoms in total. The predicted octanol–water partition coefficient (Wildman–Crippen LogP) is 5.20. The van der Waals surface area contributed by atoms with Crippen molar-refractivity contribution in [2.24, 2.45) is 17.8 Å². The van der Waals surface area contributed by atoms with Crippen LogP contribution >= 0.6 is 0 Å². The molecule has 0 radical (unpaired) electrons. The largest absolute Gasteiger partial charge is 0.0885 e. The zero-order valence-corrected chi connectivity index (χ0v) is 10.8. The van der Waals surface area contributed by atoms with Crippen LogP contribution in [0.3, 0.4) is 0 Å². The number of rotatable bonds is 8. The van der Waals surface area contributed by atoms with E-state index in [1.165, 1.54) is 44.9 Å². The van der Waals surface area contributed by atoms with Crippen molar-refractivity contribution in [3.05, 3.63) is 12.2 Å². The van der Waals surface area contributed by atoms with Crippen LogP contribution in [-0.4, -0.2) is 0 Å². The molecular formula is C15H28. The highest BCUT2D eigenvalue weighted by molar-refractivity contribution is 4.85.